The van der Waals surface area contributed by atoms with Crippen molar-refractivity contribution in [2.45, 2.75) is 20.8 Å². The van der Waals surface area contributed by atoms with E-state index >= 15 is 0 Å². The summed E-state index contributed by atoms with van der Waals surface area (Å²) >= 11 is 5.87. The maximum Gasteiger partial charge on any atom is 0.339 e. The van der Waals surface area contributed by atoms with Gasteiger partial charge < -0.3 is 9.72 Å². The molecule has 3 rings (SSSR count). The molecular weight excluding hydrogens is 418 g/mol. The Morgan fingerprint density at radius 3 is 2.13 bits per heavy atom. The van der Waals surface area contributed by atoms with Crippen molar-refractivity contribution in [1.82, 2.24) is 4.98 Å². The van der Waals surface area contributed by atoms with Gasteiger partial charge in [-0.05, 0) is 56.7 Å². The molecule has 0 spiro atoms. The number of aromatic nitrogens is 1. The fourth-order valence-electron chi connectivity index (χ4n) is 3.45. The summed E-state index contributed by atoms with van der Waals surface area (Å²) in [4.78, 5) is 52.7. The van der Waals surface area contributed by atoms with Crippen LogP contribution in [0.3, 0.4) is 0 Å². The predicted octanol–water partition coefficient (Wildman–Crippen LogP) is 4.76. The summed E-state index contributed by atoms with van der Waals surface area (Å²) in [5.74, 6) is -1.78. The minimum atomic E-state index is -0.793. The summed E-state index contributed by atoms with van der Waals surface area (Å²) in [5, 5.41) is 0.491. The average Bonchev–Trinajstić information content (AvgIpc) is 3.06. The lowest BCUT2D eigenvalue weighted by Crippen LogP contribution is -2.18. The molecule has 0 amide bonds. The molecule has 0 radical (unpaired) electrons. The van der Waals surface area contributed by atoms with Crippen LogP contribution in [0.1, 0.15) is 65.3 Å². The summed E-state index contributed by atoms with van der Waals surface area (Å²) in [6.45, 7) is 4.26. The van der Waals surface area contributed by atoms with Crippen LogP contribution < -0.4 is 0 Å². The number of aromatic amines is 1. The van der Waals surface area contributed by atoms with E-state index < -0.39 is 18.4 Å². The van der Waals surface area contributed by atoms with E-state index in [0.717, 1.165) is 0 Å². The van der Waals surface area contributed by atoms with Crippen LogP contribution >= 0.6 is 11.6 Å². The molecule has 7 heteroatoms. The minimum Gasteiger partial charge on any atom is -0.454 e. The summed E-state index contributed by atoms with van der Waals surface area (Å²) < 4.78 is 5.19. The molecule has 31 heavy (non-hydrogen) atoms. The predicted molar refractivity (Wildman–Crippen MR) is 116 cm³/mol. The van der Waals surface area contributed by atoms with Crippen molar-refractivity contribution >= 4 is 34.9 Å². The fraction of sp³-hybridized carbons (Fsp3) is 0.167. The lowest BCUT2D eigenvalue weighted by molar-refractivity contribution is 0.0471. The molecule has 0 unspecified atom stereocenters. The van der Waals surface area contributed by atoms with E-state index in [4.69, 9.17) is 16.3 Å². The van der Waals surface area contributed by atoms with Gasteiger partial charge in [-0.25, -0.2) is 4.79 Å². The molecule has 0 aliphatic carbocycles. The third-order valence-electron chi connectivity index (χ3n) is 4.90. The van der Waals surface area contributed by atoms with Crippen LogP contribution in [0.15, 0.2) is 48.5 Å². The highest BCUT2D eigenvalue weighted by atomic mass is 35.5. The molecule has 0 aliphatic rings. The molecule has 0 fully saturated rings. The van der Waals surface area contributed by atoms with Gasteiger partial charge in [-0.2, -0.15) is 0 Å². The van der Waals surface area contributed by atoms with Crippen molar-refractivity contribution in [2.75, 3.05) is 6.61 Å². The van der Waals surface area contributed by atoms with Gasteiger partial charge in [-0.15, -0.1) is 0 Å². The van der Waals surface area contributed by atoms with E-state index in [2.05, 4.69) is 4.98 Å². The number of benzene rings is 2. The lowest BCUT2D eigenvalue weighted by Gasteiger charge is -2.09. The number of aryl methyl sites for hydroxylation is 1. The summed E-state index contributed by atoms with van der Waals surface area (Å²) in [7, 11) is 0. The molecule has 0 saturated carbocycles. The van der Waals surface area contributed by atoms with Gasteiger partial charge in [-0.1, -0.05) is 29.8 Å². The molecule has 0 bridgehead atoms. The Kier molecular flexibility index (Phi) is 6.51. The second-order valence-electron chi connectivity index (χ2n) is 7.06. The normalized spacial score (nSPS) is 10.6. The van der Waals surface area contributed by atoms with E-state index in [0.29, 0.717) is 27.4 Å². The Morgan fingerprint density at radius 2 is 1.55 bits per heavy atom. The first-order valence-electron chi connectivity index (χ1n) is 9.50. The SMILES string of the molecule is CC(=O)c1c(C)[nH]c(C(=O)COC(=O)c2ccccc2C(=O)c2ccc(Cl)cc2)c1C. The zero-order valence-electron chi connectivity index (χ0n) is 17.2. The molecule has 1 aromatic heterocycles. The molecule has 0 saturated heterocycles. The molecule has 2 aromatic carbocycles. The number of Topliss-reactive ketones (excluding diaryl/α,β-unsaturated/α-hetero) is 2. The van der Waals surface area contributed by atoms with Gasteiger partial charge in [0.15, 0.2) is 18.2 Å². The first-order chi connectivity index (χ1) is 14.7. The van der Waals surface area contributed by atoms with Gasteiger partial charge in [0.25, 0.3) is 0 Å². The van der Waals surface area contributed by atoms with Crippen molar-refractivity contribution in [3.05, 3.63) is 92.8 Å². The smallest absolute Gasteiger partial charge is 0.339 e. The van der Waals surface area contributed by atoms with E-state index in [-0.39, 0.29) is 28.4 Å². The average molecular weight is 438 g/mol. The number of esters is 1. The van der Waals surface area contributed by atoms with Crippen molar-refractivity contribution in [2.24, 2.45) is 0 Å². The van der Waals surface area contributed by atoms with Gasteiger partial charge in [0.1, 0.15) is 0 Å². The highest BCUT2D eigenvalue weighted by Crippen LogP contribution is 2.20. The molecule has 158 valence electrons. The van der Waals surface area contributed by atoms with Crippen LogP contribution in [-0.4, -0.2) is 34.9 Å². The first-order valence-corrected chi connectivity index (χ1v) is 9.88. The van der Waals surface area contributed by atoms with Crippen molar-refractivity contribution < 1.29 is 23.9 Å². The maximum atomic E-state index is 12.8. The van der Waals surface area contributed by atoms with Gasteiger partial charge in [0, 0.05) is 27.4 Å². The van der Waals surface area contributed by atoms with E-state index in [1.54, 1.807) is 50.2 Å². The second-order valence-corrected chi connectivity index (χ2v) is 7.50. The Hall–Kier alpha value is -3.51. The van der Waals surface area contributed by atoms with E-state index in [9.17, 15) is 19.2 Å². The van der Waals surface area contributed by atoms with Gasteiger partial charge in [0.2, 0.25) is 5.78 Å². The zero-order valence-corrected chi connectivity index (χ0v) is 18.0. The number of carbonyl (C=O) groups excluding carboxylic acids is 4. The van der Waals surface area contributed by atoms with Crippen LogP contribution in [0.2, 0.25) is 5.02 Å². The molecule has 1 heterocycles. The monoisotopic (exact) mass is 437 g/mol. The second kappa shape index (κ2) is 9.10. The Balaban J connectivity index is 1.78. The first kappa shape index (κ1) is 22.2. The van der Waals surface area contributed by atoms with Gasteiger partial charge >= 0.3 is 5.97 Å². The zero-order chi connectivity index (χ0) is 22.7. The van der Waals surface area contributed by atoms with Gasteiger partial charge in [-0.3, -0.25) is 14.4 Å². The molecule has 6 nitrogen and oxygen atoms in total. The van der Waals surface area contributed by atoms with Crippen molar-refractivity contribution in [1.29, 1.82) is 0 Å². The number of nitrogens with one attached hydrogen (secondary N) is 1. The highest BCUT2D eigenvalue weighted by molar-refractivity contribution is 6.30. The van der Waals surface area contributed by atoms with Crippen molar-refractivity contribution in [3.63, 3.8) is 0 Å². The molecule has 1 N–H and O–H groups in total. The lowest BCUT2D eigenvalue weighted by atomic mass is 9.98. The topological polar surface area (TPSA) is 93.3 Å². The fourth-order valence-corrected chi connectivity index (χ4v) is 3.58. The number of carbonyl (C=O) groups is 4. The van der Waals surface area contributed by atoms with Crippen LogP contribution in [0.25, 0.3) is 0 Å². The summed E-state index contributed by atoms with van der Waals surface area (Å²) in [6, 6.07) is 12.5. The number of rotatable bonds is 7. The number of ether oxygens (including phenoxy) is 1. The number of hydrogen-bond donors (Lipinski definition) is 1. The number of hydrogen-bond acceptors (Lipinski definition) is 5. The summed E-state index contributed by atoms with van der Waals surface area (Å²) in [5.41, 5.74) is 2.36. The quantitative estimate of drug-likeness (QED) is 0.425. The number of halogens is 1. The molecular formula is C24H20ClNO5. The summed E-state index contributed by atoms with van der Waals surface area (Å²) in [6.07, 6.45) is 0. The largest absolute Gasteiger partial charge is 0.454 e. The van der Waals surface area contributed by atoms with Crippen molar-refractivity contribution in [3.8, 4) is 0 Å². The Labute approximate surface area is 184 Å². The Bertz CT molecular complexity index is 1190. The number of H-pyrrole nitrogens is 1. The molecule has 0 aliphatic heterocycles. The minimum absolute atomic E-state index is 0.0547. The third-order valence-corrected chi connectivity index (χ3v) is 5.15. The van der Waals surface area contributed by atoms with Crippen LogP contribution in [0.4, 0.5) is 0 Å². The standard InChI is InChI=1S/C24H20ClNO5/c1-13-21(15(3)27)14(2)26-22(13)20(28)12-31-24(30)19-7-5-4-6-18(19)23(29)16-8-10-17(25)11-9-16/h4-11,26H,12H2,1-3H3. The maximum absolute atomic E-state index is 12.8. The van der Waals surface area contributed by atoms with Crippen LogP contribution in [-0.2, 0) is 4.74 Å². The molecule has 0 atom stereocenters. The third kappa shape index (κ3) is 4.64. The van der Waals surface area contributed by atoms with E-state index in [1.165, 1.54) is 19.1 Å². The van der Waals surface area contributed by atoms with Crippen LogP contribution in [0, 0.1) is 13.8 Å². The molecule has 3 aromatic rings. The van der Waals surface area contributed by atoms with E-state index in [1.807, 2.05) is 0 Å². The highest BCUT2D eigenvalue weighted by Gasteiger charge is 2.23. The Morgan fingerprint density at radius 1 is 0.935 bits per heavy atom. The number of ketones is 3. The van der Waals surface area contributed by atoms with Crippen LogP contribution in [0.5, 0.6) is 0 Å². The van der Waals surface area contributed by atoms with Gasteiger partial charge in [0.05, 0.1) is 11.3 Å².